The van der Waals surface area contributed by atoms with Crippen molar-refractivity contribution in [3.8, 4) is 0 Å². The van der Waals surface area contributed by atoms with E-state index in [9.17, 15) is 5.11 Å². The van der Waals surface area contributed by atoms with Gasteiger partial charge in [0, 0.05) is 21.9 Å². The summed E-state index contributed by atoms with van der Waals surface area (Å²) in [6, 6.07) is 10.5. The number of aliphatic hydroxyl groups is 1. The van der Waals surface area contributed by atoms with Crippen molar-refractivity contribution >= 4 is 33.2 Å². The maximum absolute atomic E-state index is 10.8. The minimum absolute atomic E-state index is 0.0469. The second-order valence-electron chi connectivity index (χ2n) is 6.22. The van der Waals surface area contributed by atoms with Gasteiger partial charge < -0.3 is 9.84 Å². The Morgan fingerprint density at radius 1 is 1.33 bits per heavy atom. The third kappa shape index (κ3) is 2.63. The van der Waals surface area contributed by atoms with Crippen LogP contribution in [-0.4, -0.2) is 28.8 Å². The van der Waals surface area contributed by atoms with E-state index in [0.29, 0.717) is 5.92 Å². The van der Waals surface area contributed by atoms with Crippen LogP contribution >= 0.6 is 23.1 Å². The zero-order valence-corrected chi connectivity index (χ0v) is 13.6. The Hall–Kier alpha value is -0.550. The standard InChI is InChI=1S/C17H20O2S2/c18-16(15-9-12-3-1-2-4-14(12)21-15)13-5-7-19-17(10-13)6-8-20-11-17/h1-4,9,13,16,18H,5-8,10-11H2. The van der Waals surface area contributed by atoms with Crippen LogP contribution in [0, 0.1) is 5.92 Å². The van der Waals surface area contributed by atoms with Crippen molar-refractivity contribution in [1.82, 2.24) is 0 Å². The fourth-order valence-corrected chi connectivity index (χ4v) is 6.10. The predicted octanol–water partition coefficient (Wildman–Crippen LogP) is 4.24. The van der Waals surface area contributed by atoms with Gasteiger partial charge in [0.1, 0.15) is 0 Å². The van der Waals surface area contributed by atoms with Crippen molar-refractivity contribution in [3.05, 3.63) is 35.2 Å². The van der Waals surface area contributed by atoms with Crippen LogP contribution in [0.3, 0.4) is 0 Å². The molecular formula is C17H20O2S2. The van der Waals surface area contributed by atoms with E-state index in [1.54, 1.807) is 11.3 Å². The summed E-state index contributed by atoms with van der Waals surface area (Å²) in [7, 11) is 0. The molecule has 3 unspecified atom stereocenters. The number of aliphatic hydroxyl groups excluding tert-OH is 1. The number of rotatable bonds is 2. The summed E-state index contributed by atoms with van der Waals surface area (Å²) in [6.07, 6.45) is 2.79. The van der Waals surface area contributed by atoms with Gasteiger partial charge in [-0.25, -0.2) is 0 Å². The summed E-state index contributed by atoms with van der Waals surface area (Å²) in [6.45, 7) is 0.799. The molecule has 1 aromatic carbocycles. The molecule has 0 radical (unpaired) electrons. The highest BCUT2D eigenvalue weighted by atomic mass is 32.2. The lowest BCUT2D eigenvalue weighted by Gasteiger charge is -2.39. The zero-order valence-electron chi connectivity index (χ0n) is 12.0. The monoisotopic (exact) mass is 320 g/mol. The molecule has 4 rings (SSSR count). The number of thiophene rings is 1. The summed E-state index contributed by atoms with van der Waals surface area (Å²) in [5.74, 6) is 2.64. The van der Waals surface area contributed by atoms with Crippen LogP contribution in [-0.2, 0) is 4.74 Å². The van der Waals surface area contributed by atoms with Gasteiger partial charge in [-0.05, 0) is 48.5 Å². The normalized spacial score (nSPS) is 31.0. The van der Waals surface area contributed by atoms with Gasteiger partial charge in [0.25, 0.3) is 0 Å². The van der Waals surface area contributed by atoms with Crippen LogP contribution in [0.25, 0.3) is 10.1 Å². The van der Waals surface area contributed by atoms with Gasteiger partial charge in [-0.1, -0.05) is 18.2 Å². The van der Waals surface area contributed by atoms with E-state index in [2.05, 4.69) is 30.3 Å². The van der Waals surface area contributed by atoms with Gasteiger partial charge in [0.15, 0.2) is 0 Å². The van der Waals surface area contributed by atoms with E-state index >= 15 is 0 Å². The van der Waals surface area contributed by atoms with Gasteiger partial charge in [-0.3, -0.25) is 0 Å². The predicted molar refractivity (Wildman–Crippen MR) is 90.1 cm³/mol. The fraction of sp³-hybridized carbons (Fsp3) is 0.529. The van der Waals surface area contributed by atoms with Crippen LogP contribution in [0.15, 0.2) is 30.3 Å². The molecule has 2 fully saturated rings. The van der Waals surface area contributed by atoms with E-state index in [1.165, 1.54) is 15.8 Å². The van der Waals surface area contributed by atoms with E-state index in [0.717, 1.165) is 36.5 Å². The van der Waals surface area contributed by atoms with Gasteiger partial charge >= 0.3 is 0 Å². The highest BCUT2D eigenvalue weighted by Crippen LogP contribution is 2.45. The molecule has 1 spiro atoms. The molecule has 21 heavy (non-hydrogen) atoms. The maximum Gasteiger partial charge on any atom is 0.0912 e. The Labute approximate surface area is 133 Å². The molecule has 112 valence electrons. The Balaban J connectivity index is 1.57. The zero-order chi connectivity index (χ0) is 14.3. The molecular weight excluding hydrogens is 300 g/mol. The Bertz CT molecular complexity index is 598. The first-order valence-corrected chi connectivity index (χ1v) is 9.61. The molecule has 2 aromatic rings. The van der Waals surface area contributed by atoms with E-state index < -0.39 is 0 Å². The summed E-state index contributed by atoms with van der Waals surface area (Å²) >= 11 is 3.72. The van der Waals surface area contributed by atoms with E-state index in [-0.39, 0.29) is 11.7 Å². The molecule has 0 amide bonds. The quantitative estimate of drug-likeness (QED) is 0.897. The molecule has 0 saturated carbocycles. The summed E-state index contributed by atoms with van der Waals surface area (Å²) in [5, 5.41) is 12.1. The lowest BCUT2D eigenvalue weighted by Crippen LogP contribution is -2.41. The molecule has 2 aliphatic heterocycles. The average Bonchev–Trinajstić information content (AvgIpc) is 3.13. The maximum atomic E-state index is 10.8. The fourth-order valence-electron chi connectivity index (χ4n) is 3.58. The number of ether oxygens (including phenoxy) is 1. The van der Waals surface area contributed by atoms with Crippen LogP contribution in [0.5, 0.6) is 0 Å². The van der Waals surface area contributed by atoms with Crippen LogP contribution in [0.2, 0.25) is 0 Å². The van der Waals surface area contributed by atoms with Gasteiger partial charge in [0.05, 0.1) is 11.7 Å². The lowest BCUT2D eigenvalue weighted by atomic mass is 9.82. The number of thioether (sulfide) groups is 1. The first-order valence-electron chi connectivity index (χ1n) is 7.64. The third-order valence-electron chi connectivity index (χ3n) is 4.78. The SMILES string of the molecule is OC(c1cc2ccccc2s1)C1CCOC2(CCSC2)C1. The highest BCUT2D eigenvalue weighted by molar-refractivity contribution is 7.99. The molecule has 3 heterocycles. The highest BCUT2D eigenvalue weighted by Gasteiger charge is 2.42. The molecule has 1 N–H and O–H groups in total. The first-order chi connectivity index (χ1) is 10.3. The molecule has 4 heteroatoms. The average molecular weight is 320 g/mol. The van der Waals surface area contributed by atoms with Crippen molar-refractivity contribution in [2.45, 2.75) is 31.0 Å². The van der Waals surface area contributed by atoms with Crippen molar-refractivity contribution < 1.29 is 9.84 Å². The molecule has 1 aromatic heterocycles. The number of hydrogen-bond acceptors (Lipinski definition) is 4. The van der Waals surface area contributed by atoms with E-state index in [4.69, 9.17) is 4.74 Å². The molecule has 2 nitrogen and oxygen atoms in total. The second-order valence-corrected chi connectivity index (χ2v) is 8.44. The molecule has 3 atom stereocenters. The van der Waals surface area contributed by atoms with Crippen molar-refractivity contribution in [2.24, 2.45) is 5.92 Å². The largest absolute Gasteiger partial charge is 0.387 e. The molecule has 0 aliphatic carbocycles. The summed E-state index contributed by atoms with van der Waals surface area (Å²) in [5.41, 5.74) is 0.0469. The first kappa shape index (κ1) is 14.1. The van der Waals surface area contributed by atoms with Crippen LogP contribution in [0.4, 0.5) is 0 Å². The Morgan fingerprint density at radius 2 is 2.24 bits per heavy atom. The summed E-state index contributed by atoms with van der Waals surface area (Å²) in [4.78, 5) is 1.11. The van der Waals surface area contributed by atoms with Crippen molar-refractivity contribution in [2.75, 3.05) is 18.1 Å². The van der Waals surface area contributed by atoms with Crippen LogP contribution < -0.4 is 0 Å². The number of fused-ring (bicyclic) bond motifs is 1. The Morgan fingerprint density at radius 3 is 3.05 bits per heavy atom. The minimum atomic E-state index is -0.339. The van der Waals surface area contributed by atoms with Crippen molar-refractivity contribution in [1.29, 1.82) is 0 Å². The van der Waals surface area contributed by atoms with Crippen molar-refractivity contribution in [3.63, 3.8) is 0 Å². The number of hydrogen-bond donors (Lipinski definition) is 1. The third-order valence-corrected chi connectivity index (χ3v) is 7.19. The Kier molecular flexibility index (Phi) is 3.74. The van der Waals surface area contributed by atoms with E-state index in [1.807, 2.05) is 11.8 Å². The van der Waals surface area contributed by atoms with Gasteiger partial charge in [0.2, 0.25) is 0 Å². The van der Waals surface area contributed by atoms with Crippen LogP contribution in [0.1, 0.15) is 30.2 Å². The topological polar surface area (TPSA) is 29.5 Å². The van der Waals surface area contributed by atoms with Gasteiger partial charge in [-0.2, -0.15) is 11.8 Å². The smallest absolute Gasteiger partial charge is 0.0912 e. The molecule has 0 bridgehead atoms. The lowest BCUT2D eigenvalue weighted by molar-refractivity contribution is -0.101. The second kappa shape index (κ2) is 5.58. The molecule has 2 saturated heterocycles. The molecule has 2 aliphatic rings. The van der Waals surface area contributed by atoms with Gasteiger partial charge in [-0.15, -0.1) is 11.3 Å². The number of benzene rings is 1. The summed E-state index contributed by atoms with van der Waals surface area (Å²) < 4.78 is 7.34. The minimum Gasteiger partial charge on any atom is -0.387 e.